The highest BCUT2D eigenvalue weighted by molar-refractivity contribution is 7.85. The van der Waals surface area contributed by atoms with Crippen molar-refractivity contribution in [1.29, 1.82) is 0 Å². The van der Waals surface area contributed by atoms with E-state index >= 15 is 0 Å². The molecule has 0 radical (unpaired) electrons. The van der Waals surface area contributed by atoms with Gasteiger partial charge in [-0.25, -0.2) is 13.4 Å². The highest BCUT2D eigenvalue weighted by atomic mass is 35.5. The van der Waals surface area contributed by atoms with Crippen LogP contribution >= 0.6 is 23.2 Å². The lowest BCUT2D eigenvalue weighted by atomic mass is 9.74. The van der Waals surface area contributed by atoms with Crippen LogP contribution in [0, 0.1) is 5.92 Å². The van der Waals surface area contributed by atoms with Crippen LogP contribution in [-0.2, 0) is 29.9 Å². The number of aromatic nitrogens is 2. The van der Waals surface area contributed by atoms with Gasteiger partial charge in [-0.2, -0.15) is 0 Å². The fourth-order valence-electron chi connectivity index (χ4n) is 7.05. The number of halogens is 2. The first-order valence-corrected chi connectivity index (χ1v) is 17.7. The van der Waals surface area contributed by atoms with Crippen LogP contribution in [0.1, 0.15) is 56.9 Å². The van der Waals surface area contributed by atoms with Gasteiger partial charge in [0.2, 0.25) is 0 Å². The van der Waals surface area contributed by atoms with E-state index in [1.165, 1.54) is 25.0 Å². The summed E-state index contributed by atoms with van der Waals surface area (Å²) in [6.07, 6.45) is 12.8. The molecule has 13 heteroatoms. The number of ether oxygens (including phenoxy) is 1. The molecule has 4 heterocycles. The van der Waals surface area contributed by atoms with Crippen molar-refractivity contribution in [2.24, 2.45) is 5.92 Å². The van der Waals surface area contributed by atoms with E-state index in [2.05, 4.69) is 27.4 Å². The lowest BCUT2D eigenvalue weighted by molar-refractivity contribution is -0.939. The van der Waals surface area contributed by atoms with Crippen molar-refractivity contribution in [3.63, 3.8) is 0 Å². The van der Waals surface area contributed by atoms with Crippen LogP contribution in [0.15, 0.2) is 72.0 Å². The van der Waals surface area contributed by atoms with Crippen LogP contribution in [0.2, 0.25) is 10.0 Å². The Morgan fingerprint density at radius 1 is 1.00 bits per heavy atom. The normalized spacial score (nSPS) is 23.7. The average Bonchev–Trinajstić information content (AvgIpc) is 3.31. The molecule has 0 spiro atoms. The predicted octanol–water partition coefficient (Wildman–Crippen LogP) is 5.76. The van der Waals surface area contributed by atoms with Crippen LogP contribution in [0.25, 0.3) is 0 Å². The third-order valence-corrected chi connectivity index (χ3v) is 11.0. The number of carbonyl (C=O) groups is 2. The minimum Gasteiger partial charge on any atom is -0.744 e. The molecule has 2 bridgehead atoms. The highest BCUT2D eigenvalue weighted by Gasteiger charge is 2.51. The number of esters is 1. The molecular weight excluding hydrogens is 651 g/mol. The van der Waals surface area contributed by atoms with Crippen molar-refractivity contribution < 1.29 is 31.8 Å². The summed E-state index contributed by atoms with van der Waals surface area (Å²) in [5.74, 6) is 0.751. The Morgan fingerprint density at radius 2 is 1.70 bits per heavy atom. The van der Waals surface area contributed by atoms with E-state index in [4.69, 9.17) is 27.9 Å². The number of amides is 1. The predicted molar refractivity (Wildman–Crippen MR) is 173 cm³/mol. The summed E-state index contributed by atoms with van der Waals surface area (Å²) in [4.78, 5) is 34.3. The van der Waals surface area contributed by atoms with Crippen LogP contribution in [0.3, 0.4) is 0 Å². The summed E-state index contributed by atoms with van der Waals surface area (Å²) >= 11 is 10.9. The Hall–Kier alpha value is -3.09. The molecule has 1 amide bonds. The SMILES string of the molecule is O=C(C[N+]12CCC(CC1)[C@@H](OC(=O)C1(c3ccccc3)CCCCCC1)C2)Nc1cnccn1.O=S(=O)([O-])c1cc(Cl)ccc1Cl. The number of benzene rings is 2. The summed E-state index contributed by atoms with van der Waals surface area (Å²) in [5, 5.41) is 2.92. The second-order valence-corrected chi connectivity index (χ2v) is 14.6. The highest BCUT2D eigenvalue weighted by Crippen LogP contribution is 2.42. The van der Waals surface area contributed by atoms with Gasteiger partial charge >= 0.3 is 5.97 Å². The number of quaternary nitrogens is 1. The molecule has 0 unspecified atom stereocenters. The first-order valence-electron chi connectivity index (χ1n) is 15.6. The smallest absolute Gasteiger partial charge is 0.317 e. The zero-order valence-electron chi connectivity index (χ0n) is 25.4. The van der Waals surface area contributed by atoms with Gasteiger partial charge in [-0.05, 0) is 36.6 Å². The van der Waals surface area contributed by atoms with Crippen molar-refractivity contribution in [3.8, 4) is 0 Å². The summed E-state index contributed by atoms with van der Waals surface area (Å²) < 4.78 is 38.6. The third-order valence-electron chi connectivity index (χ3n) is 9.45. The molecule has 1 aromatic heterocycles. The summed E-state index contributed by atoms with van der Waals surface area (Å²) in [7, 11) is -4.52. The first kappa shape index (κ1) is 34.3. The number of piperidine rings is 3. The molecule has 10 nitrogen and oxygen atoms in total. The molecular formula is C33H38Cl2N4O6S. The molecule has 1 aliphatic carbocycles. The van der Waals surface area contributed by atoms with E-state index in [-0.39, 0.29) is 28.0 Å². The number of rotatable bonds is 7. The molecule has 2 aromatic carbocycles. The Bertz CT molecular complexity index is 1610. The standard InChI is InChI=1S/C27H34N4O3.C6H4Cl2O3S/c32-25(30-24-18-28-14-15-29-24)20-31-16-10-21(11-17-31)23(19-31)34-26(33)27(12-6-1-2-7-13-27)22-8-4-3-5-9-22;7-4-1-2-5(8)6(3-4)12(9,10)11/h3-5,8-9,14-15,18,21,23H,1-2,6-7,10-13,16-17,19-20H2;1-3H,(H,9,10,11)/t21?,23-,31?;/m0./s1. The molecule has 3 aliphatic heterocycles. The molecule has 46 heavy (non-hydrogen) atoms. The van der Waals surface area contributed by atoms with Crippen molar-refractivity contribution in [3.05, 3.63) is 82.7 Å². The fraction of sp³-hybridized carbons (Fsp3) is 0.455. The topological polar surface area (TPSA) is 138 Å². The van der Waals surface area contributed by atoms with E-state index in [1.54, 1.807) is 18.6 Å². The maximum Gasteiger partial charge on any atom is 0.317 e. The minimum absolute atomic E-state index is 0.0542. The third kappa shape index (κ3) is 8.24. The maximum absolute atomic E-state index is 13.9. The summed E-state index contributed by atoms with van der Waals surface area (Å²) in [6, 6.07) is 13.9. The molecule has 1 N–H and O–H groups in total. The number of nitrogens with zero attached hydrogens (tertiary/aromatic N) is 3. The molecule has 3 aromatic rings. The molecule has 3 saturated heterocycles. The largest absolute Gasteiger partial charge is 0.744 e. The van der Waals surface area contributed by atoms with E-state index in [0.29, 0.717) is 22.8 Å². The zero-order chi connectivity index (χ0) is 32.8. The van der Waals surface area contributed by atoms with E-state index in [9.17, 15) is 22.6 Å². The van der Waals surface area contributed by atoms with E-state index < -0.39 is 20.4 Å². The lowest BCUT2D eigenvalue weighted by Crippen LogP contribution is -2.66. The Labute approximate surface area is 279 Å². The second kappa shape index (κ2) is 14.8. The number of carbonyl (C=O) groups excluding carboxylic acids is 2. The quantitative estimate of drug-likeness (QED) is 0.143. The van der Waals surface area contributed by atoms with Crippen molar-refractivity contribution in [2.75, 3.05) is 31.5 Å². The number of nitrogens with one attached hydrogen (secondary N) is 1. The van der Waals surface area contributed by atoms with Crippen LogP contribution in [0.4, 0.5) is 5.82 Å². The van der Waals surface area contributed by atoms with Gasteiger partial charge in [-0.1, -0.05) is 79.2 Å². The molecule has 4 aliphatic rings. The summed E-state index contributed by atoms with van der Waals surface area (Å²) in [6.45, 7) is 3.00. The minimum atomic E-state index is -4.52. The molecule has 7 rings (SSSR count). The van der Waals surface area contributed by atoms with Gasteiger partial charge in [-0.3, -0.25) is 14.6 Å². The lowest BCUT2D eigenvalue weighted by Gasteiger charge is -2.52. The second-order valence-electron chi connectivity index (χ2n) is 12.4. The van der Waals surface area contributed by atoms with E-state index in [0.717, 1.165) is 69.8 Å². The van der Waals surface area contributed by atoms with Gasteiger partial charge in [0.15, 0.2) is 18.5 Å². The average molecular weight is 690 g/mol. The van der Waals surface area contributed by atoms with Crippen LogP contribution in [0.5, 0.6) is 0 Å². The maximum atomic E-state index is 13.9. The van der Waals surface area contributed by atoms with Gasteiger partial charge in [0.25, 0.3) is 5.91 Å². The molecule has 1 saturated carbocycles. The number of hydrogen-bond donors (Lipinski definition) is 1. The van der Waals surface area contributed by atoms with Crippen LogP contribution < -0.4 is 5.32 Å². The van der Waals surface area contributed by atoms with Gasteiger partial charge in [-0.15, -0.1) is 0 Å². The van der Waals surface area contributed by atoms with Gasteiger partial charge in [0.05, 0.1) is 34.6 Å². The number of hydrogen-bond acceptors (Lipinski definition) is 8. The monoisotopic (exact) mass is 688 g/mol. The number of fused-ring (bicyclic) bond motifs is 3. The Kier molecular flexibility index (Phi) is 11.0. The van der Waals surface area contributed by atoms with Gasteiger partial charge in [0.1, 0.15) is 16.7 Å². The molecule has 1 atom stereocenters. The van der Waals surface area contributed by atoms with Crippen molar-refractivity contribution in [1.82, 2.24) is 9.97 Å². The first-order chi connectivity index (χ1) is 22.0. The van der Waals surface area contributed by atoms with Gasteiger partial charge in [0, 0.05) is 36.2 Å². The molecule has 4 fully saturated rings. The summed E-state index contributed by atoms with van der Waals surface area (Å²) in [5.41, 5.74) is 0.549. The van der Waals surface area contributed by atoms with Crippen molar-refractivity contribution >= 4 is 51.0 Å². The molecule has 246 valence electrons. The Balaban J connectivity index is 0.000000293. The Morgan fingerprint density at radius 3 is 2.30 bits per heavy atom. The van der Waals surface area contributed by atoms with Crippen LogP contribution in [-0.4, -0.2) is 71.6 Å². The van der Waals surface area contributed by atoms with E-state index in [1.807, 2.05) is 18.2 Å². The van der Waals surface area contributed by atoms with Crippen molar-refractivity contribution in [2.45, 2.75) is 67.8 Å². The fourth-order valence-corrected chi connectivity index (χ4v) is 8.26. The van der Waals surface area contributed by atoms with Gasteiger partial charge < -0.3 is 19.1 Å². The zero-order valence-corrected chi connectivity index (χ0v) is 27.8. The number of anilines is 1.